The monoisotopic (exact) mass is 535 g/mol. The number of likely N-dealkylation sites (tertiary alicyclic amines) is 1. The Balaban J connectivity index is 0.000000585. The number of urea groups is 1. The van der Waals surface area contributed by atoms with E-state index in [2.05, 4.69) is 15.7 Å². The van der Waals surface area contributed by atoms with Crippen LogP contribution < -0.4 is 15.4 Å². The zero-order valence-corrected chi connectivity index (χ0v) is 20.9. The summed E-state index contributed by atoms with van der Waals surface area (Å²) < 4.78 is 44.7. The summed E-state index contributed by atoms with van der Waals surface area (Å²) in [6, 6.07) is 20.0. The first-order chi connectivity index (χ1) is 18.2. The van der Waals surface area contributed by atoms with Gasteiger partial charge >= 0.3 is 12.2 Å². The molecule has 1 fully saturated rings. The van der Waals surface area contributed by atoms with E-state index in [0.717, 1.165) is 0 Å². The fourth-order valence-corrected chi connectivity index (χ4v) is 3.81. The minimum atomic E-state index is -4.28. The number of carbonyl (C=O) groups excluding carboxylic acids is 1. The lowest BCUT2D eigenvalue weighted by Crippen LogP contribution is -2.41. The van der Waals surface area contributed by atoms with Gasteiger partial charge in [0.2, 0.25) is 5.88 Å². The quantitative estimate of drug-likeness (QED) is 0.352. The Kier molecular flexibility index (Phi) is 10.5. The number of alkyl halides is 3. The maximum absolute atomic E-state index is 12.6. The first-order valence-corrected chi connectivity index (χ1v) is 12.1. The summed E-state index contributed by atoms with van der Waals surface area (Å²) in [6.45, 7) is 0.356. The van der Waals surface area contributed by atoms with Gasteiger partial charge in [0, 0.05) is 19.1 Å². The van der Waals surface area contributed by atoms with Crippen molar-refractivity contribution in [3.05, 3.63) is 72.3 Å². The molecule has 2 heterocycles. The van der Waals surface area contributed by atoms with Crippen LogP contribution in [0.2, 0.25) is 0 Å². The second-order valence-electron chi connectivity index (χ2n) is 8.76. The van der Waals surface area contributed by atoms with Crippen LogP contribution in [0.15, 0.2) is 66.7 Å². The molecule has 1 aliphatic heterocycles. The number of carbonyl (C=O) groups is 1. The number of halogens is 3. The first kappa shape index (κ1) is 29.0. The number of aliphatic hydroxyl groups is 2. The molecule has 3 aromatic rings. The van der Waals surface area contributed by atoms with Crippen molar-refractivity contribution in [2.45, 2.75) is 31.7 Å². The third-order valence-corrected chi connectivity index (χ3v) is 5.61. The van der Waals surface area contributed by atoms with Crippen LogP contribution in [0.5, 0.6) is 5.88 Å². The van der Waals surface area contributed by atoms with Crippen molar-refractivity contribution in [3.8, 4) is 11.6 Å². The van der Waals surface area contributed by atoms with E-state index in [-0.39, 0.29) is 25.6 Å². The molecule has 2 aromatic carbocycles. The molecular formula is C26H32F3N5O4. The molecule has 1 aliphatic rings. The highest BCUT2D eigenvalue weighted by atomic mass is 19.4. The van der Waals surface area contributed by atoms with Crippen molar-refractivity contribution in [2.24, 2.45) is 0 Å². The molecule has 4 N–H and O–H groups in total. The summed E-state index contributed by atoms with van der Waals surface area (Å²) >= 11 is 0. The Morgan fingerprint density at radius 2 is 1.74 bits per heavy atom. The number of benzene rings is 2. The number of ether oxygens (including phenoxy) is 1. The number of rotatable bonds is 8. The molecule has 12 heteroatoms. The van der Waals surface area contributed by atoms with Gasteiger partial charge in [0.15, 0.2) is 0 Å². The molecule has 0 aliphatic carbocycles. The number of aliphatic hydroxyl groups excluding tert-OH is 2. The zero-order valence-electron chi connectivity index (χ0n) is 20.9. The molecule has 206 valence electrons. The maximum Gasteiger partial charge on any atom is 0.401 e. The molecular weight excluding hydrogens is 503 g/mol. The first-order valence-electron chi connectivity index (χ1n) is 12.1. The van der Waals surface area contributed by atoms with Crippen molar-refractivity contribution >= 4 is 11.8 Å². The van der Waals surface area contributed by atoms with E-state index in [4.69, 9.17) is 9.84 Å². The topological polar surface area (TPSA) is 112 Å². The van der Waals surface area contributed by atoms with Gasteiger partial charge in [0.1, 0.15) is 18.5 Å². The van der Waals surface area contributed by atoms with E-state index >= 15 is 0 Å². The molecule has 2 amide bonds. The van der Waals surface area contributed by atoms with E-state index < -0.39 is 37.5 Å². The average Bonchev–Trinajstić information content (AvgIpc) is 3.46. The Morgan fingerprint density at radius 3 is 2.32 bits per heavy atom. The lowest BCUT2D eigenvalue weighted by Gasteiger charge is -2.18. The van der Waals surface area contributed by atoms with Crippen molar-refractivity contribution in [2.75, 3.05) is 38.2 Å². The van der Waals surface area contributed by atoms with Gasteiger partial charge in [-0.15, -0.1) is 5.10 Å². The van der Waals surface area contributed by atoms with E-state index in [1.165, 1.54) is 9.58 Å². The number of para-hydroxylation sites is 1. The summed E-state index contributed by atoms with van der Waals surface area (Å²) in [7, 11) is 0. The van der Waals surface area contributed by atoms with Crippen LogP contribution in [-0.4, -0.2) is 82.1 Å². The van der Waals surface area contributed by atoms with Crippen LogP contribution in [0.1, 0.15) is 12.0 Å². The maximum atomic E-state index is 12.6. The number of amides is 2. The Hall–Kier alpha value is -3.61. The van der Waals surface area contributed by atoms with E-state index in [9.17, 15) is 23.1 Å². The molecule has 9 nitrogen and oxygen atoms in total. The molecule has 0 spiro atoms. The fourth-order valence-electron chi connectivity index (χ4n) is 3.81. The highest BCUT2D eigenvalue weighted by molar-refractivity contribution is 5.90. The minimum absolute atomic E-state index is 0.108. The Morgan fingerprint density at radius 1 is 1.13 bits per heavy atom. The van der Waals surface area contributed by atoms with Gasteiger partial charge < -0.3 is 20.3 Å². The van der Waals surface area contributed by atoms with Gasteiger partial charge in [-0.25, -0.2) is 9.48 Å². The summed E-state index contributed by atoms with van der Waals surface area (Å²) in [5.74, 6) is 0.473. The number of nitrogens with zero attached hydrogens (tertiary/aromatic N) is 3. The summed E-state index contributed by atoms with van der Waals surface area (Å²) in [5, 5.41) is 28.3. The number of anilines is 1. The van der Waals surface area contributed by atoms with E-state index in [1.807, 2.05) is 42.5 Å². The molecule has 4 rings (SSSR count). The number of nitrogens with one attached hydrogen (secondary N) is 2. The SMILES string of the molecule is Cc1c(OCC(O)CO)nn(-c2ccccc2)c1NC(=O)NC1CCN(CC(F)(F)F)C1.c1ccccc1. The third kappa shape index (κ3) is 9.05. The zero-order chi connectivity index (χ0) is 27.5. The third-order valence-electron chi connectivity index (χ3n) is 5.61. The predicted molar refractivity (Wildman–Crippen MR) is 136 cm³/mol. The molecule has 38 heavy (non-hydrogen) atoms. The van der Waals surface area contributed by atoms with Crippen LogP contribution in [0.25, 0.3) is 5.69 Å². The molecule has 2 unspecified atom stereocenters. The lowest BCUT2D eigenvalue weighted by atomic mass is 10.3. The summed E-state index contributed by atoms with van der Waals surface area (Å²) in [6.07, 6.45) is -4.96. The molecule has 1 saturated heterocycles. The fraction of sp³-hybridized carbons (Fsp3) is 0.385. The minimum Gasteiger partial charge on any atom is -0.474 e. The summed E-state index contributed by atoms with van der Waals surface area (Å²) in [4.78, 5) is 13.9. The van der Waals surface area contributed by atoms with Crippen LogP contribution in [0.4, 0.5) is 23.8 Å². The second-order valence-corrected chi connectivity index (χ2v) is 8.76. The highest BCUT2D eigenvalue weighted by Crippen LogP contribution is 2.28. The standard InChI is InChI=1S/C20H26F3N5O4.C6H6/c1-13-17(25-19(31)24-14-7-8-27(9-14)12-20(21,22)23)28(15-5-3-2-4-6-15)26-18(13)32-11-16(30)10-29;1-2-4-6-5-3-1/h2-6,14,16,29-30H,7-12H2,1H3,(H2,24,25,31);1-6H. The number of aromatic nitrogens is 2. The lowest BCUT2D eigenvalue weighted by molar-refractivity contribution is -0.143. The van der Waals surface area contributed by atoms with Gasteiger partial charge in [0.05, 0.1) is 24.4 Å². The summed E-state index contributed by atoms with van der Waals surface area (Å²) in [5.41, 5.74) is 1.12. The second kappa shape index (κ2) is 13.8. The molecule has 2 atom stereocenters. The van der Waals surface area contributed by atoms with Gasteiger partial charge in [0.25, 0.3) is 0 Å². The molecule has 1 aromatic heterocycles. The van der Waals surface area contributed by atoms with Gasteiger partial charge in [-0.3, -0.25) is 10.2 Å². The predicted octanol–water partition coefficient (Wildman–Crippen LogP) is 3.36. The van der Waals surface area contributed by atoms with Crippen molar-refractivity contribution < 1.29 is 32.9 Å². The largest absolute Gasteiger partial charge is 0.474 e. The van der Waals surface area contributed by atoms with Crippen LogP contribution in [-0.2, 0) is 0 Å². The Bertz CT molecular complexity index is 1100. The number of hydrogen-bond acceptors (Lipinski definition) is 6. The molecule has 0 radical (unpaired) electrons. The van der Waals surface area contributed by atoms with Gasteiger partial charge in [-0.2, -0.15) is 13.2 Å². The van der Waals surface area contributed by atoms with Crippen molar-refractivity contribution in [1.29, 1.82) is 0 Å². The van der Waals surface area contributed by atoms with Gasteiger partial charge in [-0.1, -0.05) is 54.6 Å². The normalized spacial score (nSPS) is 16.3. The highest BCUT2D eigenvalue weighted by Gasteiger charge is 2.34. The van der Waals surface area contributed by atoms with E-state index in [0.29, 0.717) is 23.5 Å². The Labute approximate surface area is 218 Å². The van der Waals surface area contributed by atoms with Crippen LogP contribution in [0.3, 0.4) is 0 Å². The molecule has 0 saturated carbocycles. The van der Waals surface area contributed by atoms with Crippen molar-refractivity contribution in [1.82, 2.24) is 20.0 Å². The van der Waals surface area contributed by atoms with Crippen LogP contribution in [0, 0.1) is 6.92 Å². The smallest absolute Gasteiger partial charge is 0.401 e. The molecule has 0 bridgehead atoms. The average molecular weight is 536 g/mol. The van der Waals surface area contributed by atoms with Crippen LogP contribution >= 0.6 is 0 Å². The number of hydrogen-bond donors (Lipinski definition) is 4. The van der Waals surface area contributed by atoms with Crippen molar-refractivity contribution in [3.63, 3.8) is 0 Å². The van der Waals surface area contributed by atoms with Gasteiger partial charge in [-0.05, 0) is 25.5 Å². The van der Waals surface area contributed by atoms with E-state index in [1.54, 1.807) is 31.2 Å².